The standard InChI is InChI=1S/C14H21NO/c1-14(15,12-6-3-2-4-7-12)10-9-13-8-5-11-16-13/h2-4,6-7,13H,5,8-11,15H2,1H3. The van der Waals surface area contributed by atoms with Gasteiger partial charge >= 0.3 is 0 Å². The van der Waals surface area contributed by atoms with Crippen LogP contribution in [0, 0.1) is 0 Å². The largest absolute Gasteiger partial charge is 0.378 e. The van der Waals surface area contributed by atoms with E-state index in [4.69, 9.17) is 10.5 Å². The van der Waals surface area contributed by atoms with Crippen LogP contribution in [0.25, 0.3) is 0 Å². The van der Waals surface area contributed by atoms with E-state index in [0.29, 0.717) is 6.10 Å². The molecule has 1 aliphatic rings. The van der Waals surface area contributed by atoms with Crippen molar-refractivity contribution < 1.29 is 4.74 Å². The molecule has 1 aromatic carbocycles. The van der Waals surface area contributed by atoms with E-state index in [1.54, 1.807) is 0 Å². The van der Waals surface area contributed by atoms with Gasteiger partial charge in [-0.05, 0) is 38.2 Å². The zero-order chi connectivity index (χ0) is 11.4. The van der Waals surface area contributed by atoms with Gasteiger partial charge in [0.05, 0.1) is 6.10 Å². The fraction of sp³-hybridized carbons (Fsp3) is 0.571. The third-order valence-electron chi connectivity index (χ3n) is 3.44. The lowest BCUT2D eigenvalue weighted by Gasteiger charge is -2.26. The maximum Gasteiger partial charge on any atom is 0.0576 e. The Labute approximate surface area is 97.8 Å². The summed E-state index contributed by atoms with van der Waals surface area (Å²) in [6.07, 6.45) is 4.90. The fourth-order valence-corrected chi connectivity index (χ4v) is 2.30. The molecule has 2 nitrogen and oxygen atoms in total. The van der Waals surface area contributed by atoms with Crippen LogP contribution in [-0.4, -0.2) is 12.7 Å². The second kappa shape index (κ2) is 4.98. The number of nitrogens with two attached hydrogens (primary N) is 1. The molecule has 0 spiro atoms. The van der Waals surface area contributed by atoms with Crippen molar-refractivity contribution in [2.75, 3.05) is 6.61 Å². The Kier molecular flexibility index (Phi) is 3.62. The Bertz CT molecular complexity index is 315. The first-order valence-electron chi connectivity index (χ1n) is 6.14. The summed E-state index contributed by atoms with van der Waals surface area (Å²) in [7, 11) is 0. The quantitative estimate of drug-likeness (QED) is 0.845. The predicted octanol–water partition coefficient (Wildman–Crippen LogP) is 2.82. The van der Waals surface area contributed by atoms with Crippen LogP contribution < -0.4 is 5.73 Å². The molecule has 1 fully saturated rings. The number of ether oxygens (including phenoxy) is 1. The summed E-state index contributed by atoms with van der Waals surface area (Å²) in [6.45, 7) is 3.04. The van der Waals surface area contributed by atoms with Gasteiger partial charge in [0.2, 0.25) is 0 Å². The monoisotopic (exact) mass is 219 g/mol. The summed E-state index contributed by atoms with van der Waals surface area (Å²) in [4.78, 5) is 0. The summed E-state index contributed by atoms with van der Waals surface area (Å²) < 4.78 is 5.63. The summed E-state index contributed by atoms with van der Waals surface area (Å²) in [6, 6.07) is 10.3. The van der Waals surface area contributed by atoms with Crippen molar-refractivity contribution in [3.05, 3.63) is 35.9 Å². The van der Waals surface area contributed by atoms with Crippen LogP contribution >= 0.6 is 0 Å². The van der Waals surface area contributed by atoms with Crippen LogP contribution in [0.5, 0.6) is 0 Å². The molecule has 0 bridgehead atoms. The molecule has 2 unspecified atom stereocenters. The minimum absolute atomic E-state index is 0.229. The molecule has 0 amide bonds. The van der Waals surface area contributed by atoms with Crippen LogP contribution in [0.2, 0.25) is 0 Å². The number of hydrogen-bond acceptors (Lipinski definition) is 2. The van der Waals surface area contributed by atoms with Crippen molar-refractivity contribution in [2.24, 2.45) is 5.73 Å². The highest BCUT2D eigenvalue weighted by Gasteiger charge is 2.24. The second-order valence-electron chi connectivity index (χ2n) is 4.96. The van der Waals surface area contributed by atoms with E-state index in [9.17, 15) is 0 Å². The highest BCUT2D eigenvalue weighted by atomic mass is 16.5. The van der Waals surface area contributed by atoms with Crippen LogP contribution in [0.4, 0.5) is 0 Å². The number of rotatable bonds is 4. The predicted molar refractivity (Wildman–Crippen MR) is 66.2 cm³/mol. The minimum Gasteiger partial charge on any atom is -0.378 e. The fourth-order valence-electron chi connectivity index (χ4n) is 2.30. The zero-order valence-corrected chi connectivity index (χ0v) is 9.99. The van der Waals surface area contributed by atoms with Gasteiger partial charge in [-0.15, -0.1) is 0 Å². The molecule has 1 aliphatic heterocycles. The van der Waals surface area contributed by atoms with E-state index in [0.717, 1.165) is 19.4 Å². The van der Waals surface area contributed by atoms with Crippen molar-refractivity contribution in [1.29, 1.82) is 0 Å². The first kappa shape index (κ1) is 11.6. The highest BCUT2D eigenvalue weighted by molar-refractivity contribution is 5.22. The van der Waals surface area contributed by atoms with E-state index in [2.05, 4.69) is 19.1 Å². The van der Waals surface area contributed by atoms with Crippen LogP contribution in [0.3, 0.4) is 0 Å². The molecule has 2 N–H and O–H groups in total. The molecule has 88 valence electrons. The van der Waals surface area contributed by atoms with Gasteiger partial charge < -0.3 is 10.5 Å². The van der Waals surface area contributed by atoms with Gasteiger partial charge in [0.1, 0.15) is 0 Å². The van der Waals surface area contributed by atoms with Crippen molar-refractivity contribution in [3.8, 4) is 0 Å². The van der Waals surface area contributed by atoms with E-state index in [1.165, 1.54) is 18.4 Å². The van der Waals surface area contributed by atoms with Gasteiger partial charge in [-0.2, -0.15) is 0 Å². The molecule has 16 heavy (non-hydrogen) atoms. The van der Waals surface area contributed by atoms with Gasteiger partial charge in [0.25, 0.3) is 0 Å². The minimum atomic E-state index is -0.229. The molecule has 2 heteroatoms. The van der Waals surface area contributed by atoms with E-state index < -0.39 is 0 Å². The molecule has 0 radical (unpaired) electrons. The van der Waals surface area contributed by atoms with Gasteiger partial charge in [-0.25, -0.2) is 0 Å². The molecule has 0 saturated carbocycles. The van der Waals surface area contributed by atoms with Crippen molar-refractivity contribution in [3.63, 3.8) is 0 Å². The van der Waals surface area contributed by atoms with Crippen molar-refractivity contribution in [1.82, 2.24) is 0 Å². The topological polar surface area (TPSA) is 35.2 Å². The van der Waals surface area contributed by atoms with E-state index in [1.807, 2.05) is 18.2 Å². The first-order chi connectivity index (χ1) is 7.68. The molecule has 2 atom stereocenters. The zero-order valence-electron chi connectivity index (χ0n) is 9.99. The van der Waals surface area contributed by atoms with E-state index >= 15 is 0 Å². The lowest BCUT2D eigenvalue weighted by molar-refractivity contribution is 0.0967. The molecule has 1 heterocycles. The van der Waals surface area contributed by atoms with Gasteiger partial charge in [0, 0.05) is 12.1 Å². The maximum atomic E-state index is 6.36. The molecule has 0 aromatic heterocycles. The van der Waals surface area contributed by atoms with E-state index in [-0.39, 0.29) is 5.54 Å². The third kappa shape index (κ3) is 2.83. The summed E-state index contributed by atoms with van der Waals surface area (Å²) >= 11 is 0. The molecule has 0 aliphatic carbocycles. The Hall–Kier alpha value is -0.860. The average Bonchev–Trinajstić information content (AvgIpc) is 2.81. The molecular weight excluding hydrogens is 198 g/mol. The van der Waals surface area contributed by atoms with Crippen molar-refractivity contribution in [2.45, 2.75) is 44.2 Å². The van der Waals surface area contributed by atoms with Crippen LogP contribution in [-0.2, 0) is 10.3 Å². The Morgan fingerprint density at radius 1 is 1.38 bits per heavy atom. The van der Waals surface area contributed by atoms with Gasteiger partial charge in [-0.3, -0.25) is 0 Å². The number of hydrogen-bond donors (Lipinski definition) is 1. The lowest BCUT2D eigenvalue weighted by Crippen LogP contribution is -2.33. The van der Waals surface area contributed by atoms with Crippen LogP contribution in [0.15, 0.2) is 30.3 Å². The first-order valence-corrected chi connectivity index (χ1v) is 6.14. The van der Waals surface area contributed by atoms with Gasteiger partial charge in [0.15, 0.2) is 0 Å². The Balaban J connectivity index is 1.92. The second-order valence-corrected chi connectivity index (χ2v) is 4.96. The summed E-state index contributed by atoms with van der Waals surface area (Å²) in [5.74, 6) is 0. The molecular formula is C14H21NO. The van der Waals surface area contributed by atoms with Crippen molar-refractivity contribution >= 4 is 0 Å². The number of benzene rings is 1. The SMILES string of the molecule is CC(N)(CCC1CCCO1)c1ccccc1. The Morgan fingerprint density at radius 3 is 2.75 bits per heavy atom. The smallest absolute Gasteiger partial charge is 0.0576 e. The summed E-state index contributed by atoms with van der Waals surface area (Å²) in [5.41, 5.74) is 7.35. The highest BCUT2D eigenvalue weighted by Crippen LogP contribution is 2.26. The normalized spacial score (nSPS) is 24.2. The van der Waals surface area contributed by atoms with Gasteiger partial charge in [-0.1, -0.05) is 30.3 Å². The summed E-state index contributed by atoms with van der Waals surface area (Å²) in [5, 5.41) is 0. The Morgan fingerprint density at radius 2 is 2.12 bits per heavy atom. The molecule has 2 rings (SSSR count). The lowest BCUT2D eigenvalue weighted by atomic mass is 9.87. The third-order valence-corrected chi connectivity index (χ3v) is 3.44. The maximum absolute atomic E-state index is 6.36. The van der Waals surface area contributed by atoms with Crippen LogP contribution in [0.1, 0.15) is 38.2 Å². The average molecular weight is 219 g/mol. The molecule has 1 saturated heterocycles. The molecule has 1 aromatic rings.